The van der Waals surface area contributed by atoms with Crippen molar-refractivity contribution in [2.24, 2.45) is 0 Å². The second-order valence-corrected chi connectivity index (χ2v) is 6.16. The maximum Gasteiger partial charge on any atom is 0.308 e. The molecule has 0 radical (unpaired) electrons. The van der Waals surface area contributed by atoms with E-state index in [1.54, 1.807) is 36.6 Å². The van der Waals surface area contributed by atoms with Gasteiger partial charge in [-0.25, -0.2) is 0 Å². The molecule has 2 amide bonds. The number of amides is 2. The summed E-state index contributed by atoms with van der Waals surface area (Å²) in [6, 6.07) is 8.98. The Balaban J connectivity index is 1.69. The Morgan fingerprint density at radius 1 is 1.16 bits per heavy atom. The zero-order chi connectivity index (χ0) is 18.2. The number of aromatic nitrogens is 1. The SMILES string of the molecule is Cc1csc(=O)n1CCC(=O)OCC(=O)NC(=O)Cc1ccccc1. The number of carbonyl (C=O) groups is 3. The van der Waals surface area contributed by atoms with E-state index in [0.29, 0.717) is 0 Å². The summed E-state index contributed by atoms with van der Waals surface area (Å²) in [4.78, 5) is 46.4. The van der Waals surface area contributed by atoms with E-state index in [-0.39, 0.29) is 24.3 Å². The normalized spacial score (nSPS) is 10.3. The first-order chi connectivity index (χ1) is 12.0. The van der Waals surface area contributed by atoms with Gasteiger partial charge in [-0.15, -0.1) is 0 Å². The molecule has 0 spiro atoms. The van der Waals surface area contributed by atoms with Gasteiger partial charge in [-0.05, 0) is 12.5 Å². The highest BCUT2D eigenvalue weighted by atomic mass is 32.1. The van der Waals surface area contributed by atoms with E-state index < -0.39 is 24.4 Å². The van der Waals surface area contributed by atoms with Crippen LogP contribution in [0, 0.1) is 6.92 Å². The van der Waals surface area contributed by atoms with Crippen molar-refractivity contribution >= 4 is 29.1 Å². The lowest BCUT2D eigenvalue weighted by atomic mass is 10.1. The van der Waals surface area contributed by atoms with Crippen molar-refractivity contribution in [3.8, 4) is 0 Å². The second kappa shape index (κ2) is 8.93. The third-order valence-corrected chi connectivity index (χ3v) is 4.25. The van der Waals surface area contributed by atoms with Gasteiger partial charge in [0.2, 0.25) is 5.91 Å². The molecule has 0 saturated heterocycles. The first-order valence-corrected chi connectivity index (χ1v) is 8.51. The average Bonchev–Trinajstić information content (AvgIpc) is 2.90. The molecule has 1 heterocycles. The van der Waals surface area contributed by atoms with Crippen LogP contribution in [-0.2, 0) is 32.1 Å². The Morgan fingerprint density at radius 3 is 2.52 bits per heavy atom. The molecule has 1 aromatic carbocycles. The highest BCUT2D eigenvalue weighted by Crippen LogP contribution is 2.02. The minimum atomic E-state index is -0.682. The summed E-state index contributed by atoms with van der Waals surface area (Å²) in [5, 5.41) is 3.87. The molecule has 1 aromatic heterocycles. The van der Waals surface area contributed by atoms with Gasteiger partial charge in [0.15, 0.2) is 6.61 Å². The van der Waals surface area contributed by atoms with Gasteiger partial charge in [-0.3, -0.25) is 24.5 Å². The van der Waals surface area contributed by atoms with Gasteiger partial charge in [0.25, 0.3) is 5.91 Å². The van der Waals surface area contributed by atoms with Crippen LogP contribution in [0.2, 0.25) is 0 Å². The van der Waals surface area contributed by atoms with Gasteiger partial charge in [0.05, 0.1) is 12.8 Å². The number of nitrogens with zero attached hydrogens (tertiary/aromatic N) is 1. The number of carbonyl (C=O) groups excluding carboxylic acids is 3. The van der Waals surface area contributed by atoms with Crippen LogP contribution in [0.1, 0.15) is 17.7 Å². The van der Waals surface area contributed by atoms with Gasteiger partial charge in [0, 0.05) is 17.6 Å². The van der Waals surface area contributed by atoms with E-state index in [1.165, 1.54) is 4.57 Å². The fraction of sp³-hybridized carbons (Fsp3) is 0.294. The third-order valence-electron chi connectivity index (χ3n) is 3.37. The Labute approximate surface area is 148 Å². The topological polar surface area (TPSA) is 94.5 Å². The van der Waals surface area contributed by atoms with Crippen LogP contribution in [0.3, 0.4) is 0 Å². The molecule has 1 N–H and O–H groups in total. The highest BCUT2D eigenvalue weighted by molar-refractivity contribution is 7.07. The lowest BCUT2D eigenvalue weighted by Gasteiger charge is -2.07. The molecule has 0 bridgehead atoms. The molecule has 0 atom stereocenters. The lowest BCUT2D eigenvalue weighted by molar-refractivity contribution is -0.149. The summed E-state index contributed by atoms with van der Waals surface area (Å²) in [6.07, 6.45) is 0.0452. The van der Waals surface area contributed by atoms with E-state index in [2.05, 4.69) is 5.32 Å². The first kappa shape index (κ1) is 18.6. The summed E-state index contributed by atoms with van der Waals surface area (Å²) < 4.78 is 6.29. The van der Waals surface area contributed by atoms with Crippen LogP contribution in [0.25, 0.3) is 0 Å². The average molecular weight is 362 g/mol. The van der Waals surface area contributed by atoms with Gasteiger partial charge in [-0.1, -0.05) is 41.7 Å². The molecule has 0 unspecified atom stereocenters. The Kier molecular flexibility index (Phi) is 6.64. The summed E-state index contributed by atoms with van der Waals surface area (Å²) >= 11 is 1.06. The van der Waals surface area contributed by atoms with Crippen LogP contribution >= 0.6 is 11.3 Å². The number of nitrogens with one attached hydrogen (secondary N) is 1. The molecule has 7 nitrogen and oxygen atoms in total. The van der Waals surface area contributed by atoms with E-state index in [9.17, 15) is 19.2 Å². The molecule has 2 rings (SSSR count). The van der Waals surface area contributed by atoms with Crippen LogP contribution in [0.4, 0.5) is 0 Å². The molecule has 8 heteroatoms. The van der Waals surface area contributed by atoms with Crippen molar-refractivity contribution in [1.82, 2.24) is 9.88 Å². The third kappa shape index (κ3) is 6.00. The number of benzene rings is 1. The minimum Gasteiger partial charge on any atom is -0.456 e. The molecular formula is C17H18N2O5S. The number of imide groups is 1. The van der Waals surface area contributed by atoms with Crippen molar-refractivity contribution in [3.63, 3.8) is 0 Å². The fourth-order valence-electron chi connectivity index (χ4n) is 2.11. The van der Waals surface area contributed by atoms with E-state index in [0.717, 1.165) is 22.6 Å². The van der Waals surface area contributed by atoms with Crippen LogP contribution in [0.5, 0.6) is 0 Å². The van der Waals surface area contributed by atoms with Gasteiger partial charge < -0.3 is 9.30 Å². The summed E-state index contributed by atoms with van der Waals surface area (Å²) in [5.74, 6) is -1.76. The standard InChI is InChI=1S/C17H18N2O5S/c1-12-11-25-17(23)19(12)8-7-16(22)24-10-15(21)18-14(20)9-13-5-3-2-4-6-13/h2-6,11H,7-10H2,1H3,(H,18,20,21). The Morgan fingerprint density at radius 2 is 1.88 bits per heavy atom. The van der Waals surface area contributed by atoms with Crippen molar-refractivity contribution < 1.29 is 19.1 Å². The summed E-state index contributed by atoms with van der Waals surface area (Å²) in [6.45, 7) is 1.44. The molecule has 2 aromatic rings. The maximum absolute atomic E-state index is 11.7. The molecule has 0 saturated carbocycles. The fourth-order valence-corrected chi connectivity index (χ4v) is 2.87. The quantitative estimate of drug-likeness (QED) is 0.743. The molecule has 132 valence electrons. The zero-order valence-electron chi connectivity index (χ0n) is 13.7. The number of hydrogen-bond acceptors (Lipinski definition) is 6. The minimum absolute atomic E-state index is 0.0251. The first-order valence-electron chi connectivity index (χ1n) is 7.63. The zero-order valence-corrected chi connectivity index (χ0v) is 14.5. The van der Waals surface area contributed by atoms with Crippen LogP contribution < -0.4 is 10.2 Å². The Hall–Kier alpha value is -2.74. The van der Waals surface area contributed by atoms with Crippen LogP contribution in [-0.4, -0.2) is 29.0 Å². The monoisotopic (exact) mass is 362 g/mol. The van der Waals surface area contributed by atoms with Gasteiger partial charge in [0.1, 0.15) is 0 Å². The smallest absolute Gasteiger partial charge is 0.308 e. The van der Waals surface area contributed by atoms with Crippen LogP contribution in [0.15, 0.2) is 40.5 Å². The van der Waals surface area contributed by atoms with E-state index in [1.807, 2.05) is 6.07 Å². The van der Waals surface area contributed by atoms with Crippen molar-refractivity contribution in [3.05, 3.63) is 56.6 Å². The molecule has 0 fully saturated rings. The Bertz CT molecular complexity index is 810. The second-order valence-electron chi connectivity index (χ2n) is 5.34. The number of thiazole rings is 1. The van der Waals surface area contributed by atoms with E-state index >= 15 is 0 Å². The molecule has 0 aliphatic heterocycles. The summed E-state index contributed by atoms with van der Waals surface area (Å²) in [5.41, 5.74) is 1.55. The summed E-state index contributed by atoms with van der Waals surface area (Å²) in [7, 11) is 0. The number of hydrogen-bond donors (Lipinski definition) is 1. The van der Waals surface area contributed by atoms with Gasteiger partial charge >= 0.3 is 10.8 Å². The van der Waals surface area contributed by atoms with Crippen molar-refractivity contribution in [1.29, 1.82) is 0 Å². The molecule has 0 aliphatic carbocycles. The predicted octanol–water partition coefficient (Wildman–Crippen LogP) is 1.04. The number of ether oxygens (including phenoxy) is 1. The number of rotatable bonds is 7. The number of esters is 1. The molecular weight excluding hydrogens is 344 g/mol. The van der Waals surface area contributed by atoms with Crippen molar-refractivity contribution in [2.45, 2.75) is 26.3 Å². The number of aryl methyl sites for hydroxylation is 1. The molecule has 0 aliphatic rings. The van der Waals surface area contributed by atoms with Crippen molar-refractivity contribution in [2.75, 3.05) is 6.61 Å². The van der Waals surface area contributed by atoms with Gasteiger partial charge in [-0.2, -0.15) is 0 Å². The predicted molar refractivity (Wildman–Crippen MR) is 92.2 cm³/mol. The highest BCUT2D eigenvalue weighted by Gasteiger charge is 2.12. The molecule has 25 heavy (non-hydrogen) atoms. The maximum atomic E-state index is 11.7. The van der Waals surface area contributed by atoms with E-state index in [4.69, 9.17) is 4.74 Å². The lowest BCUT2D eigenvalue weighted by Crippen LogP contribution is -2.35. The largest absolute Gasteiger partial charge is 0.456 e.